The predicted molar refractivity (Wildman–Crippen MR) is 134 cm³/mol. The summed E-state index contributed by atoms with van der Waals surface area (Å²) in [7, 11) is 0. The van der Waals surface area contributed by atoms with Crippen LogP contribution in [0.25, 0.3) is 0 Å². The molecule has 0 aliphatic rings. The average Bonchev–Trinajstić information content (AvgIpc) is 2.83. The molecular formula is C26H28N2O4S. The number of benzene rings is 3. The van der Waals surface area contributed by atoms with Crippen molar-refractivity contribution in [2.75, 3.05) is 25.1 Å². The predicted octanol–water partition coefficient (Wildman–Crippen LogP) is 5.45. The number of nitrogens with one attached hydrogen (secondary N) is 2. The van der Waals surface area contributed by atoms with Crippen LogP contribution in [0.1, 0.15) is 30.1 Å². The molecule has 3 aromatic rings. The fourth-order valence-corrected chi connectivity index (χ4v) is 3.08. The van der Waals surface area contributed by atoms with Gasteiger partial charge in [-0.15, -0.1) is 0 Å². The molecule has 2 N–H and O–H groups in total. The molecule has 0 saturated carbocycles. The fourth-order valence-electron chi connectivity index (χ4n) is 2.87. The first-order chi connectivity index (χ1) is 16.1. The SMILES string of the molecule is CCCCOc1cccc(NC(=S)NC(=O)c2ccc(OCCOc3ccccc3)cc2)c1. The molecule has 0 aliphatic heterocycles. The van der Waals surface area contributed by atoms with E-state index in [9.17, 15) is 4.79 Å². The Morgan fingerprint density at radius 3 is 2.12 bits per heavy atom. The summed E-state index contributed by atoms with van der Waals surface area (Å²) in [6, 6.07) is 23.9. The van der Waals surface area contributed by atoms with Crippen LogP contribution in [0.5, 0.6) is 17.2 Å². The van der Waals surface area contributed by atoms with Gasteiger partial charge in [-0.25, -0.2) is 0 Å². The average molecular weight is 465 g/mol. The van der Waals surface area contributed by atoms with E-state index >= 15 is 0 Å². The number of carbonyl (C=O) groups is 1. The Morgan fingerprint density at radius 1 is 0.788 bits per heavy atom. The number of amides is 1. The van der Waals surface area contributed by atoms with Gasteiger partial charge in [-0.05, 0) is 67.2 Å². The Bertz CT molecular complexity index is 1030. The standard InChI is InChI=1S/C26H28N2O4S/c1-2-3-16-30-24-11-7-8-21(19-24)27-26(33)28-25(29)20-12-14-23(15-13-20)32-18-17-31-22-9-5-4-6-10-22/h4-15,19H,2-3,16-18H2,1H3,(H2,27,28,29,33). The summed E-state index contributed by atoms with van der Waals surface area (Å²) in [6.07, 6.45) is 2.07. The van der Waals surface area contributed by atoms with E-state index in [1.165, 1.54) is 0 Å². The van der Waals surface area contributed by atoms with Crippen LogP contribution in [-0.2, 0) is 0 Å². The molecular weight excluding hydrogens is 436 g/mol. The fraction of sp³-hybridized carbons (Fsp3) is 0.231. The van der Waals surface area contributed by atoms with Crippen LogP contribution < -0.4 is 24.8 Å². The van der Waals surface area contributed by atoms with E-state index < -0.39 is 0 Å². The third-order valence-corrected chi connectivity index (χ3v) is 4.77. The molecule has 0 fully saturated rings. The van der Waals surface area contributed by atoms with Gasteiger partial charge in [0, 0.05) is 17.3 Å². The highest BCUT2D eigenvalue weighted by Crippen LogP contribution is 2.18. The number of anilines is 1. The second-order valence-corrected chi connectivity index (χ2v) is 7.58. The zero-order valence-electron chi connectivity index (χ0n) is 18.6. The Hall–Kier alpha value is -3.58. The van der Waals surface area contributed by atoms with Gasteiger partial charge in [-0.2, -0.15) is 0 Å². The van der Waals surface area contributed by atoms with Crippen molar-refractivity contribution in [2.45, 2.75) is 19.8 Å². The number of para-hydroxylation sites is 1. The molecule has 33 heavy (non-hydrogen) atoms. The molecule has 0 aliphatic carbocycles. The summed E-state index contributed by atoms with van der Waals surface area (Å²) in [5, 5.41) is 5.91. The molecule has 1 amide bonds. The van der Waals surface area contributed by atoms with Crippen LogP contribution in [0.2, 0.25) is 0 Å². The molecule has 0 bridgehead atoms. The van der Waals surface area contributed by atoms with E-state index in [1.54, 1.807) is 24.3 Å². The minimum atomic E-state index is -0.304. The smallest absolute Gasteiger partial charge is 0.257 e. The molecule has 3 aromatic carbocycles. The van der Waals surface area contributed by atoms with Crippen LogP contribution in [0.4, 0.5) is 5.69 Å². The molecule has 0 aromatic heterocycles. The Labute approximate surface area is 199 Å². The molecule has 3 rings (SSSR count). The minimum Gasteiger partial charge on any atom is -0.494 e. The number of thiocarbonyl (C=S) groups is 1. The van der Waals surface area contributed by atoms with E-state index in [0.29, 0.717) is 31.1 Å². The van der Waals surface area contributed by atoms with Gasteiger partial charge in [-0.3, -0.25) is 10.1 Å². The van der Waals surface area contributed by atoms with Crippen molar-refractivity contribution in [2.24, 2.45) is 0 Å². The van der Waals surface area contributed by atoms with Crippen molar-refractivity contribution >= 4 is 28.9 Å². The number of ether oxygens (including phenoxy) is 3. The Morgan fingerprint density at radius 2 is 1.42 bits per heavy atom. The maximum Gasteiger partial charge on any atom is 0.257 e. The third-order valence-electron chi connectivity index (χ3n) is 4.57. The lowest BCUT2D eigenvalue weighted by Gasteiger charge is -2.12. The molecule has 0 saturated heterocycles. The normalized spacial score (nSPS) is 10.2. The number of unbranched alkanes of at least 4 members (excludes halogenated alkanes) is 1. The monoisotopic (exact) mass is 464 g/mol. The van der Waals surface area contributed by atoms with Crippen molar-refractivity contribution in [1.29, 1.82) is 0 Å². The zero-order valence-corrected chi connectivity index (χ0v) is 19.4. The van der Waals surface area contributed by atoms with Gasteiger partial charge in [0.25, 0.3) is 5.91 Å². The van der Waals surface area contributed by atoms with Crippen LogP contribution in [-0.4, -0.2) is 30.8 Å². The van der Waals surface area contributed by atoms with E-state index in [4.69, 9.17) is 26.4 Å². The van der Waals surface area contributed by atoms with E-state index in [1.807, 2.05) is 54.6 Å². The maximum absolute atomic E-state index is 12.5. The number of carbonyl (C=O) groups excluding carboxylic acids is 1. The van der Waals surface area contributed by atoms with Gasteiger partial charge < -0.3 is 19.5 Å². The summed E-state index contributed by atoms with van der Waals surface area (Å²) in [5.41, 5.74) is 1.22. The van der Waals surface area contributed by atoms with Crippen molar-refractivity contribution in [3.05, 3.63) is 84.4 Å². The molecule has 0 radical (unpaired) electrons. The van der Waals surface area contributed by atoms with Gasteiger partial charge in [0.2, 0.25) is 0 Å². The van der Waals surface area contributed by atoms with Crippen LogP contribution in [0.3, 0.4) is 0 Å². The summed E-state index contributed by atoms with van der Waals surface area (Å²) in [4.78, 5) is 12.5. The number of hydrogen-bond acceptors (Lipinski definition) is 5. The summed E-state index contributed by atoms with van der Waals surface area (Å²) < 4.78 is 17.0. The van der Waals surface area contributed by atoms with Crippen molar-refractivity contribution in [3.8, 4) is 17.2 Å². The topological polar surface area (TPSA) is 68.8 Å². The first-order valence-corrected chi connectivity index (χ1v) is 11.3. The molecule has 0 atom stereocenters. The van der Waals surface area contributed by atoms with Gasteiger partial charge in [-0.1, -0.05) is 37.6 Å². The van der Waals surface area contributed by atoms with Gasteiger partial charge in [0.15, 0.2) is 5.11 Å². The molecule has 0 unspecified atom stereocenters. The maximum atomic E-state index is 12.5. The quantitative estimate of drug-likeness (QED) is 0.291. The molecule has 7 heteroatoms. The number of hydrogen-bond donors (Lipinski definition) is 2. The van der Waals surface area contributed by atoms with E-state index in [-0.39, 0.29) is 11.0 Å². The summed E-state index contributed by atoms with van der Waals surface area (Å²) >= 11 is 5.28. The Balaban J connectivity index is 1.42. The highest BCUT2D eigenvalue weighted by atomic mass is 32.1. The number of rotatable bonds is 11. The van der Waals surface area contributed by atoms with Crippen molar-refractivity contribution < 1.29 is 19.0 Å². The molecule has 0 spiro atoms. The first-order valence-electron chi connectivity index (χ1n) is 10.9. The second-order valence-electron chi connectivity index (χ2n) is 7.17. The van der Waals surface area contributed by atoms with Crippen LogP contribution >= 0.6 is 12.2 Å². The van der Waals surface area contributed by atoms with Gasteiger partial charge in [0.1, 0.15) is 30.5 Å². The molecule has 6 nitrogen and oxygen atoms in total. The minimum absolute atomic E-state index is 0.212. The van der Waals surface area contributed by atoms with Gasteiger partial charge >= 0.3 is 0 Å². The zero-order chi connectivity index (χ0) is 23.3. The van der Waals surface area contributed by atoms with E-state index in [2.05, 4.69) is 17.6 Å². The van der Waals surface area contributed by atoms with Crippen LogP contribution in [0.15, 0.2) is 78.9 Å². The Kier molecular flexibility index (Phi) is 9.54. The largest absolute Gasteiger partial charge is 0.494 e. The third kappa shape index (κ3) is 8.46. The van der Waals surface area contributed by atoms with E-state index in [0.717, 1.165) is 30.0 Å². The second kappa shape index (κ2) is 13.1. The molecule has 0 heterocycles. The summed E-state index contributed by atoms with van der Waals surface area (Å²) in [5.74, 6) is 1.91. The lowest BCUT2D eigenvalue weighted by atomic mass is 10.2. The lowest BCUT2D eigenvalue weighted by molar-refractivity contribution is 0.0977. The van der Waals surface area contributed by atoms with Crippen LogP contribution in [0, 0.1) is 0 Å². The highest BCUT2D eigenvalue weighted by Gasteiger charge is 2.09. The van der Waals surface area contributed by atoms with Crippen molar-refractivity contribution in [1.82, 2.24) is 5.32 Å². The highest BCUT2D eigenvalue weighted by molar-refractivity contribution is 7.80. The summed E-state index contributed by atoms with van der Waals surface area (Å²) in [6.45, 7) is 3.61. The lowest BCUT2D eigenvalue weighted by Crippen LogP contribution is -2.34. The van der Waals surface area contributed by atoms with Gasteiger partial charge in [0.05, 0.1) is 6.61 Å². The van der Waals surface area contributed by atoms with Crippen molar-refractivity contribution in [3.63, 3.8) is 0 Å². The first kappa shape index (κ1) is 24.1. The molecule has 172 valence electrons.